The van der Waals surface area contributed by atoms with Crippen molar-refractivity contribution in [3.05, 3.63) is 48.2 Å². The highest BCUT2D eigenvalue weighted by molar-refractivity contribution is 5.93. The van der Waals surface area contributed by atoms with E-state index in [1.807, 2.05) is 47.2 Å². The van der Waals surface area contributed by atoms with Gasteiger partial charge in [0.15, 0.2) is 0 Å². The van der Waals surface area contributed by atoms with Crippen LogP contribution < -0.4 is 0 Å². The van der Waals surface area contributed by atoms with Crippen molar-refractivity contribution in [1.82, 2.24) is 14.4 Å². The van der Waals surface area contributed by atoms with E-state index in [2.05, 4.69) is 4.90 Å². The Morgan fingerprint density at radius 3 is 2.45 bits per heavy atom. The lowest BCUT2D eigenvalue weighted by Crippen LogP contribution is -2.59. The van der Waals surface area contributed by atoms with Crippen LogP contribution in [0.15, 0.2) is 41.3 Å². The summed E-state index contributed by atoms with van der Waals surface area (Å²) in [4.78, 5) is 25.8. The molecule has 158 valence electrons. The maximum atomic E-state index is 12.5. The van der Waals surface area contributed by atoms with Crippen LogP contribution in [0.4, 0.5) is 13.2 Å². The van der Waals surface area contributed by atoms with Crippen LogP contribution in [0.5, 0.6) is 0 Å². The monoisotopic (exact) mass is 413 g/mol. The first-order valence-corrected chi connectivity index (χ1v) is 9.04. The number of alkyl halides is 3. The second-order valence-electron chi connectivity index (χ2n) is 7.56. The quantitative estimate of drug-likeness (QED) is 0.837. The Hall–Kier alpha value is -2.75. The smallest absolute Gasteiger partial charge is 0.475 e. The van der Waals surface area contributed by atoms with Crippen LogP contribution in [-0.4, -0.2) is 63.7 Å². The van der Waals surface area contributed by atoms with E-state index >= 15 is 0 Å². The maximum absolute atomic E-state index is 12.5. The number of hydrogen-bond donors (Lipinski definition) is 1. The number of amides is 1. The molecule has 4 rings (SSSR count). The zero-order valence-corrected chi connectivity index (χ0v) is 15.9. The van der Waals surface area contributed by atoms with E-state index in [4.69, 9.17) is 14.3 Å². The first kappa shape index (κ1) is 21.0. The minimum absolute atomic E-state index is 0.159. The summed E-state index contributed by atoms with van der Waals surface area (Å²) in [6.07, 6.45) is 1.56. The molecule has 0 saturated carbocycles. The lowest BCUT2D eigenvalue weighted by atomic mass is 9.79. The average Bonchev–Trinajstić information content (AvgIpc) is 3.34. The Bertz CT molecular complexity index is 854. The van der Waals surface area contributed by atoms with Gasteiger partial charge < -0.3 is 19.0 Å². The van der Waals surface area contributed by atoms with Gasteiger partial charge in [-0.05, 0) is 31.2 Å². The SMILES string of the molecule is Cn1cccc1C(=O)N1CC2(CCN(Cc3ccoc3)C2)C1.O=C(O)C(F)(F)F. The summed E-state index contributed by atoms with van der Waals surface area (Å²) in [5.41, 5.74) is 2.32. The first-order chi connectivity index (χ1) is 13.6. The second-order valence-corrected chi connectivity index (χ2v) is 7.56. The molecule has 0 atom stereocenters. The Kier molecular flexibility index (Phi) is 5.74. The number of carbonyl (C=O) groups is 2. The minimum Gasteiger partial charge on any atom is -0.475 e. The van der Waals surface area contributed by atoms with E-state index in [1.54, 1.807) is 6.26 Å². The van der Waals surface area contributed by atoms with Crippen molar-refractivity contribution in [1.29, 1.82) is 0 Å². The fourth-order valence-electron chi connectivity index (χ4n) is 3.81. The number of rotatable bonds is 3. The zero-order chi connectivity index (χ0) is 21.2. The van der Waals surface area contributed by atoms with Crippen LogP contribution in [0.1, 0.15) is 22.5 Å². The molecule has 2 aromatic heterocycles. The molecule has 10 heteroatoms. The van der Waals surface area contributed by atoms with Gasteiger partial charge in [-0.3, -0.25) is 9.69 Å². The van der Waals surface area contributed by atoms with Gasteiger partial charge in [0.1, 0.15) is 5.69 Å². The number of carbonyl (C=O) groups excluding carboxylic acids is 1. The molecular formula is C19H22F3N3O4. The van der Waals surface area contributed by atoms with Crippen molar-refractivity contribution in [3.8, 4) is 0 Å². The standard InChI is InChI=1S/C17H21N3O2.C2HF3O2/c1-18-6-2-3-15(18)16(21)20-12-17(13-20)5-7-19(11-17)9-14-4-8-22-10-14;3-2(4,5)1(6)7/h2-4,6,8,10H,5,7,9,11-13H2,1H3;(H,6,7). The number of carboxylic acids is 1. The molecule has 0 aromatic carbocycles. The number of aliphatic carboxylic acids is 1. The predicted molar refractivity (Wildman–Crippen MR) is 96.0 cm³/mol. The summed E-state index contributed by atoms with van der Waals surface area (Å²) in [5, 5.41) is 7.12. The lowest BCUT2D eigenvalue weighted by molar-refractivity contribution is -0.192. The number of carboxylic acid groups (broad SMARTS) is 1. The van der Waals surface area contributed by atoms with E-state index < -0.39 is 12.1 Å². The van der Waals surface area contributed by atoms with Crippen molar-refractivity contribution in [2.24, 2.45) is 12.5 Å². The van der Waals surface area contributed by atoms with Gasteiger partial charge in [-0.15, -0.1) is 0 Å². The van der Waals surface area contributed by atoms with E-state index in [1.165, 1.54) is 12.0 Å². The highest BCUT2D eigenvalue weighted by Crippen LogP contribution is 2.40. The van der Waals surface area contributed by atoms with Crippen LogP contribution in [0.3, 0.4) is 0 Å². The van der Waals surface area contributed by atoms with Gasteiger partial charge in [0, 0.05) is 50.4 Å². The number of hydrogen-bond acceptors (Lipinski definition) is 4. The van der Waals surface area contributed by atoms with Gasteiger partial charge in [0.2, 0.25) is 0 Å². The number of aryl methyl sites for hydroxylation is 1. The number of aromatic nitrogens is 1. The summed E-state index contributed by atoms with van der Waals surface area (Å²) in [6.45, 7) is 4.91. The summed E-state index contributed by atoms with van der Waals surface area (Å²) in [7, 11) is 1.92. The molecular weight excluding hydrogens is 391 g/mol. The molecule has 2 aliphatic rings. The molecule has 2 fully saturated rings. The highest BCUT2D eigenvalue weighted by atomic mass is 19.4. The molecule has 0 aliphatic carbocycles. The Labute approximate surface area is 165 Å². The Morgan fingerprint density at radius 2 is 1.93 bits per heavy atom. The van der Waals surface area contributed by atoms with Gasteiger partial charge in [-0.25, -0.2) is 4.79 Å². The zero-order valence-electron chi connectivity index (χ0n) is 15.9. The van der Waals surface area contributed by atoms with Crippen molar-refractivity contribution in [2.75, 3.05) is 26.2 Å². The van der Waals surface area contributed by atoms with Gasteiger partial charge in [0.05, 0.1) is 12.5 Å². The largest absolute Gasteiger partial charge is 0.490 e. The van der Waals surface area contributed by atoms with Crippen LogP contribution in [0.25, 0.3) is 0 Å². The number of likely N-dealkylation sites (tertiary alicyclic amines) is 2. The number of furan rings is 1. The van der Waals surface area contributed by atoms with Crippen molar-refractivity contribution < 1.29 is 32.3 Å². The highest BCUT2D eigenvalue weighted by Gasteiger charge is 2.49. The molecule has 0 unspecified atom stereocenters. The van der Waals surface area contributed by atoms with Crippen molar-refractivity contribution >= 4 is 11.9 Å². The molecule has 1 N–H and O–H groups in total. The van der Waals surface area contributed by atoms with Gasteiger partial charge >= 0.3 is 12.1 Å². The topological polar surface area (TPSA) is 78.9 Å². The molecule has 0 bridgehead atoms. The molecule has 2 aromatic rings. The molecule has 2 saturated heterocycles. The third-order valence-electron chi connectivity index (χ3n) is 5.25. The normalized spacial score (nSPS) is 18.3. The van der Waals surface area contributed by atoms with Gasteiger partial charge in [-0.2, -0.15) is 13.2 Å². The van der Waals surface area contributed by atoms with Crippen molar-refractivity contribution in [3.63, 3.8) is 0 Å². The van der Waals surface area contributed by atoms with Gasteiger partial charge in [-0.1, -0.05) is 0 Å². The summed E-state index contributed by atoms with van der Waals surface area (Å²) < 4.78 is 38.8. The second kappa shape index (κ2) is 7.94. The molecule has 2 aliphatic heterocycles. The first-order valence-electron chi connectivity index (χ1n) is 9.04. The van der Waals surface area contributed by atoms with Crippen LogP contribution in [0.2, 0.25) is 0 Å². The lowest BCUT2D eigenvalue weighted by Gasteiger charge is -2.48. The number of halogens is 3. The molecule has 7 nitrogen and oxygen atoms in total. The summed E-state index contributed by atoms with van der Waals surface area (Å²) in [5.74, 6) is -2.60. The predicted octanol–water partition coefficient (Wildman–Crippen LogP) is 2.60. The van der Waals surface area contributed by atoms with Crippen LogP contribution >= 0.6 is 0 Å². The van der Waals surface area contributed by atoms with E-state index in [0.717, 1.165) is 38.4 Å². The molecule has 1 amide bonds. The van der Waals surface area contributed by atoms with E-state index in [9.17, 15) is 18.0 Å². The minimum atomic E-state index is -5.08. The average molecular weight is 413 g/mol. The molecule has 0 radical (unpaired) electrons. The Morgan fingerprint density at radius 1 is 1.24 bits per heavy atom. The third kappa shape index (κ3) is 4.81. The van der Waals surface area contributed by atoms with E-state index in [0.29, 0.717) is 5.41 Å². The summed E-state index contributed by atoms with van der Waals surface area (Å²) in [6, 6.07) is 5.84. The van der Waals surface area contributed by atoms with Crippen LogP contribution in [0, 0.1) is 5.41 Å². The Balaban J connectivity index is 0.000000298. The fourth-order valence-corrected chi connectivity index (χ4v) is 3.81. The van der Waals surface area contributed by atoms with Crippen LogP contribution in [-0.2, 0) is 18.4 Å². The maximum Gasteiger partial charge on any atom is 0.490 e. The van der Waals surface area contributed by atoms with Crippen molar-refractivity contribution in [2.45, 2.75) is 19.1 Å². The summed E-state index contributed by atoms with van der Waals surface area (Å²) >= 11 is 0. The molecule has 4 heterocycles. The fraction of sp³-hybridized carbons (Fsp3) is 0.474. The molecule has 1 spiro atoms. The molecule has 29 heavy (non-hydrogen) atoms. The number of nitrogens with zero attached hydrogens (tertiary/aromatic N) is 3. The third-order valence-corrected chi connectivity index (χ3v) is 5.25. The van der Waals surface area contributed by atoms with E-state index in [-0.39, 0.29) is 5.91 Å². The van der Waals surface area contributed by atoms with Gasteiger partial charge in [0.25, 0.3) is 5.91 Å².